The van der Waals surface area contributed by atoms with Crippen molar-refractivity contribution in [3.05, 3.63) is 32.7 Å². The predicted molar refractivity (Wildman–Crippen MR) is 66.9 cm³/mol. The van der Waals surface area contributed by atoms with E-state index in [9.17, 15) is 9.90 Å². The van der Waals surface area contributed by atoms with Crippen LogP contribution < -0.4 is 5.73 Å². The number of aliphatic hydroxyl groups excluding tert-OH is 1. The van der Waals surface area contributed by atoms with Crippen LogP contribution in [0.2, 0.25) is 0 Å². The van der Waals surface area contributed by atoms with Gasteiger partial charge in [0.2, 0.25) is 0 Å². The van der Waals surface area contributed by atoms with E-state index in [1.165, 1.54) is 0 Å². The van der Waals surface area contributed by atoms with Crippen LogP contribution in [0.1, 0.15) is 18.6 Å². The molecule has 0 aromatic heterocycles. The van der Waals surface area contributed by atoms with E-state index >= 15 is 0 Å². The van der Waals surface area contributed by atoms with Crippen molar-refractivity contribution in [1.82, 2.24) is 0 Å². The van der Waals surface area contributed by atoms with Crippen molar-refractivity contribution >= 4 is 38.0 Å². The van der Waals surface area contributed by atoms with Gasteiger partial charge in [0.1, 0.15) is 12.2 Å². The number of primary amides is 1. The molecule has 0 aliphatic rings. The van der Waals surface area contributed by atoms with Crippen molar-refractivity contribution in [2.45, 2.75) is 19.1 Å². The fourth-order valence-corrected chi connectivity index (χ4v) is 2.74. The summed E-state index contributed by atoms with van der Waals surface area (Å²) in [6.45, 7) is 1.57. The summed E-state index contributed by atoms with van der Waals surface area (Å²) in [5.41, 5.74) is 5.51. The van der Waals surface area contributed by atoms with E-state index in [0.29, 0.717) is 5.56 Å². The molecule has 1 aromatic rings. The lowest BCUT2D eigenvalue weighted by atomic mass is 10.1. The minimum atomic E-state index is -0.947. The summed E-state index contributed by atoms with van der Waals surface area (Å²) in [5.74, 6) is 0. The first-order valence-electron chi connectivity index (χ1n) is 4.51. The molecule has 88 valence electrons. The largest absolute Gasteiger partial charge is 0.444 e. The summed E-state index contributed by atoms with van der Waals surface area (Å²) < 4.78 is 6.19. The summed E-state index contributed by atoms with van der Waals surface area (Å²) in [6.07, 6.45) is -2.57. The van der Waals surface area contributed by atoms with Gasteiger partial charge in [-0.1, -0.05) is 37.9 Å². The first-order chi connectivity index (χ1) is 7.43. The second-order valence-electron chi connectivity index (χ2n) is 3.22. The van der Waals surface area contributed by atoms with Gasteiger partial charge in [-0.2, -0.15) is 0 Å². The molecular weight excluding hydrogens is 342 g/mol. The van der Waals surface area contributed by atoms with E-state index in [1.807, 2.05) is 6.07 Å². The number of amides is 1. The van der Waals surface area contributed by atoms with Gasteiger partial charge in [-0.3, -0.25) is 0 Å². The van der Waals surface area contributed by atoms with E-state index in [0.717, 1.165) is 8.95 Å². The molecule has 0 saturated carbocycles. The van der Waals surface area contributed by atoms with Crippen molar-refractivity contribution in [3.63, 3.8) is 0 Å². The van der Waals surface area contributed by atoms with Crippen LogP contribution in [0.5, 0.6) is 0 Å². The maximum absolute atomic E-state index is 10.6. The summed E-state index contributed by atoms with van der Waals surface area (Å²) in [6, 6.07) is 5.41. The van der Waals surface area contributed by atoms with Crippen LogP contribution in [0.3, 0.4) is 0 Å². The van der Waals surface area contributed by atoms with Crippen LogP contribution >= 0.6 is 31.9 Å². The van der Waals surface area contributed by atoms with Crippen LogP contribution in [0, 0.1) is 0 Å². The molecule has 0 aliphatic heterocycles. The van der Waals surface area contributed by atoms with Crippen molar-refractivity contribution < 1.29 is 14.6 Å². The Morgan fingerprint density at radius 3 is 2.38 bits per heavy atom. The third-order valence-electron chi connectivity index (χ3n) is 2.04. The third-order valence-corrected chi connectivity index (χ3v) is 3.43. The summed E-state index contributed by atoms with van der Waals surface area (Å²) in [5, 5.41) is 10.0. The van der Waals surface area contributed by atoms with Gasteiger partial charge in [0.15, 0.2) is 0 Å². The molecule has 0 aliphatic carbocycles. The molecule has 0 heterocycles. The second kappa shape index (κ2) is 5.65. The number of carbonyl (C=O) groups is 1. The Kier molecular flexibility index (Phi) is 4.76. The molecule has 0 unspecified atom stereocenters. The number of nitrogens with two attached hydrogens (primary N) is 1. The Labute approximate surface area is 110 Å². The molecule has 1 rings (SSSR count). The van der Waals surface area contributed by atoms with Crippen molar-refractivity contribution in [1.29, 1.82) is 0 Å². The zero-order valence-electron chi connectivity index (χ0n) is 8.48. The molecule has 0 spiro atoms. The predicted octanol–water partition coefficient (Wildman–Crippen LogP) is 2.73. The number of carbonyl (C=O) groups excluding carboxylic acids is 1. The number of hydrogen-bond acceptors (Lipinski definition) is 3. The van der Waals surface area contributed by atoms with Gasteiger partial charge >= 0.3 is 6.09 Å². The van der Waals surface area contributed by atoms with Gasteiger partial charge in [0.05, 0.1) is 0 Å². The smallest absolute Gasteiger partial charge is 0.404 e. The Hall–Kier alpha value is -0.590. The van der Waals surface area contributed by atoms with Crippen LogP contribution in [0.15, 0.2) is 27.1 Å². The summed E-state index contributed by atoms with van der Waals surface area (Å²) in [4.78, 5) is 10.6. The van der Waals surface area contributed by atoms with E-state index in [4.69, 9.17) is 10.5 Å². The van der Waals surface area contributed by atoms with Crippen molar-refractivity contribution in [2.24, 2.45) is 5.73 Å². The van der Waals surface area contributed by atoms with Gasteiger partial charge in [-0.15, -0.1) is 0 Å². The van der Waals surface area contributed by atoms with Crippen LogP contribution in [0.25, 0.3) is 0 Å². The molecule has 1 aromatic carbocycles. The van der Waals surface area contributed by atoms with Crippen LogP contribution in [0.4, 0.5) is 4.79 Å². The number of benzene rings is 1. The highest BCUT2D eigenvalue weighted by atomic mass is 79.9. The molecule has 0 saturated heterocycles. The van der Waals surface area contributed by atoms with Gasteiger partial charge in [-0.05, 0) is 19.1 Å². The molecule has 2 atom stereocenters. The Morgan fingerprint density at radius 1 is 1.44 bits per heavy atom. The molecule has 4 nitrogen and oxygen atoms in total. The quantitative estimate of drug-likeness (QED) is 0.878. The first-order valence-corrected chi connectivity index (χ1v) is 6.10. The molecular formula is C10H11Br2NO3. The average molecular weight is 353 g/mol. The van der Waals surface area contributed by atoms with Gasteiger partial charge < -0.3 is 15.6 Å². The first kappa shape index (κ1) is 13.5. The maximum atomic E-state index is 10.6. The number of ether oxygens (including phenoxy) is 1. The normalized spacial score (nSPS) is 14.2. The van der Waals surface area contributed by atoms with Gasteiger partial charge in [0.25, 0.3) is 0 Å². The van der Waals surface area contributed by atoms with Crippen LogP contribution in [-0.4, -0.2) is 17.3 Å². The molecule has 16 heavy (non-hydrogen) atoms. The topological polar surface area (TPSA) is 72.5 Å². The maximum Gasteiger partial charge on any atom is 0.404 e. The van der Waals surface area contributed by atoms with Crippen LogP contribution in [-0.2, 0) is 4.74 Å². The molecule has 0 radical (unpaired) electrons. The fourth-order valence-electron chi connectivity index (χ4n) is 1.28. The highest BCUT2D eigenvalue weighted by Crippen LogP contribution is 2.33. The molecule has 0 fully saturated rings. The molecule has 1 amide bonds. The Bertz CT molecular complexity index is 377. The number of hydrogen-bond donors (Lipinski definition) is 2. The highest BCUT2D eigenvalue weighted by Gasteiger charge is 2.23. The van der Waals surface area contributed by atoms with E-state index in [-0.39, 0.29) is 0 Å². The number of halogens is 2. The number of rotatable bonds is 3. The van der Waals surface area contributed by atoms with E-state index in [1.54, 1.807) is 19.1 Å². The average Bonchev–Trinajstić information content (AvgIpc) is 2.16. The molecule has 6 heteroatoms. The zero-order valence-corrected chi connectivity index (χ0v) is 11.7. The zero-order chi connectivity index (χ0) is 12.3. The fraction of sp³-hybridized carbons (Fsp3) is 0.300. The third kappa shape index (κ3) is 3.20. The van der Waals surface area contributed by atoms with Crippen molar-refractivity contribution in [2.75, 3.05) is 0 Å². The second-order valence-corrected chi connectivity index (χ2v) is 4.93. The monoisotopic (exact) mass is 351 g/mol. The van der Waals surface area contributed by atoms with Gasteiger partial charge in [-0.25, -0.2) is 4.79 Å². The minimum Gasteiger partial charge on any atom is -0.444 e. The standard InChI is InChI=1S/C10H11Br2NO3/c1-5(16-10(13)15)9(14)8-6(11)3-2-4-7(8)12/h2-5,9,14H,1H3,(H2,13,15)/t5-,9+/m0/s1. The molecule has 3 N–H and O–H groups in total. The minimum absolute atomic E-state index is 0.622. The van der Waals surface area contributed by atoms with Crippen molar-refractivity contribution in [3.8, 4) is 0 Å². The highest BCUT2D eigenvalue weighted by molar-refractivity contribution is 9.11. The summed E-state index contributed by atoms with van der Waals surface area (Å²) >= 11 is 6.64. The Morgan fingerprint density at radius 2 is 1.94 bits per heavy atom. The SMILES string of the molecule is C[C@H](OC(N)=O)[C@@H](O)c1c(Br)cccc1Br. The Balaban J connectivity index is 2.95. The summed E-state index contributed by atoms with van der Waals surface area (Å²) in [7, 11) is 0. The van der Waals surface area contributed by atoms with E-state index < -0.39 is 18.3 Å². The number of aliphatic hydroxyl groups is 1. The lowest BCUT2D eigenvalue weighted by Gasteiger charge is -2.20. The molecule has 0 bridgehead atoms. The lowest BCUT2D eigenvalue weighted by Crippen LogP contribution is -2.26. The lowest BCUT2D eigenvalue weighted by molar-refractivity contribution is 0.0150. The van der Waals surface area contributed by atoms with E-state index in [2.05, 4.69) is 31.9 Å². The van der Waals surface area contributed by atoms with Gasteiger partial charge in [0, 0.05) is 14.5 Å².